The Balaban J connectivity index is -0.0000000407. The molecule has 0 aliphatic heterocycles. The molecule has 12 heteroatoms. The molecule has 0 heterocycles. The van der Waals surface area contributed by atoms with Gasteiger partial charge in [-0.05, 0) is 68.7 Å². The van der Waals surface area contributed by atoms with E-state index in [1.54, 1.807) is 25.1 Å². The molecule has 472 valence electrons. The minimum absolute atomic E-state index is 0. The second kappa shape index (κ2) is 130. The van der Waals surface area contributed by atoms with Crippen molar-refractivity contribution >= 4 is 74.4 Å². The first-order valence-electron chi connectivity index (χ1n) is 27.2. The van der Waals surface area contributed by atoms with E-state index in [4.69, 9.17) is 25.2 Å². The fourth-order valence-corrected chi connectivity index (χ4v) is 4.41. The number of carboxylic acids is 4. The number of carboxylic acid groups (broad SMARTS) is 4. The van der Waals surface area contributed by atoms with E-state index >= 15 is 0 Å². The summed E-state index contributed by atoms with van der Waals surface area (Å²) in [6, 6.07) is 38.6. The van der Waals surface area contributed by atoms with Crippen molar-refractivity contribution in [3.8, 4) is 0 Å². The molecule has 0 fully saturated rings. The highest BCUT2D eigenvalue weighted by Gasteiger charge is 1.96. The lowest BCUT2D eigenvalue weighted by atomic mass is 10.1. The van der Waals surface area contributed by atoms with Crippen LogP contribution in [0.25, 0.3) is 6.08 Å². The fourth-order valence-electron chi connectivity index (χ4n) is 3.56. The summed E-state index contributed by atoms with van der Waals surface area (Å²) in [4.78, 5) is 58.2. The molecule has 0 amide bonds. The highest BCUT2D eigenvalue weighted by Crippen LogP contribution is 2.04. The van der Waals surface area contributed by atoms with E-state index in [2.05, 4.69) is 69.1 Å². The van der Waals surface area contributed by atoms with E-state index in [1.165, 1.54) is 44.2 Å². The number of carbonyl (C=O) groups is 6. The fraction of sp³-hybridized carbons (Fsp3) is 0.500. The summed E-state index contributed by atoms with van der Waals surface area (Å²) in [6.07, 6.45) is 13.7. The zero-order valence-corrected chi connectivity index (χ0v) is 54.2. The maximum atomic E-state index is 10.2. The van der Waals surface area contributed by atoms with E-state index in [0.717, 1.165) is 58.5 Å². The number of hydrogen-bond acceptors (Lipinski definition) is 6. The molecule has 0 bridgehead atoms. The Bertz CT molecular complexity index is 1650. The molecule has 0 aliphatic carbocycles. The van der Waals surface area contributed by atoms with Crippen molar-refractivity contribution in [2.45, 2.75) is 220 Å². The smallest absolute Gasteiger partial charge is 0.328 e. The van der Waals surface area contributed by atoms with Crippen molar-refractivity contribution in [2.75, 3.05) is 10.7 Å². The Morgan fingerprint density at radius 1 is 0.412 bits per heavy atom. The first-order valence-corrected chi connectivity index (χ1v) is 29.4. The number of hydrogen-bond donors (Lipinski definition) is 4. The Labute approximate surface area is 512 Å². The van der Waals surface area contributed by atoms with Gasteiger partial charge < -0.3 is 25.2 Å². The van der Waals surface area contributed by atoms with E-state index in [9.17, 15) is 24.0 Å². The molecule has 10 nitrogen and oxygen atoms in total. The van der Waals surface area contributed by atoms with Gasteiger partial charge in [0.1, 0.15) is 12.6 Å². The Morgan fingerprint density at radius 2 is 0.700 bits per heavy atom. The van der Waals surface area contributed by atoms with Gasteiger partial charge in [-0.1, -0.05) is 320 Å². The third kappa shape index (κ3) is 145. The Kier molecular flexibility index (Phi) is 191. The predicted octanol–water partition coefficient (Wildman–Crippen LogP) is 22.7. The van der Waals surface area contributed by atoms with Gasteiger partial charge in [0.15, 0.2) is 0 Å². The molecule has 80 heavy (non-hydrogen) atoms. The zero-order chi connectivity index (χ0) is 62.1. The summed E-state index contributed by atoms with van der Waals surface area (Å²) in [5.41, 5.74) is 4.14. The topological polar surface area (TPSA) is 183 Å². The van der Waals surface area contributed by atoms with Crippen LogP contribution in [-0.2, 0) is 36.8 Å². The summed E-state index contributed by atoms with van der Waals surface area (Å²) in [6.45, 7) is 39.1. The van der Waals surface area contributed by atoms with Gasteiger partial charge in [0.05, 0.1) is 0 Å². The van der Waals surface area contributed by atoms with Crippen LogP contribution in [0.2, 0.25) is 0 Å². The molecule has 4 aromatic rings. The third-order valence-corrected chi connectivity index (χ3v) is 7.45. The number of benzene rings is 4. The van der Waals surface area contributed by atoms with Crippen LogP contribution >= 0.6 is 31.9 Å². The normalized spacial score (nSPS) is 7.38. The quantitative estimate of drug-likeness (QED) is 0.0538. The molecule has 0 radical (unpaired) electrons. The van der Waals surface area contributed by atoms with Crippen LogP contribution in [0, 0.1) is 0 Å². The van der Waals surface area contributed by atoms with E-state index in [1.807, 2.05) is 197 Å². The van der Waals surface area contributed by atoms with Crippen molar-refractivity contribution in [3.63, 3.8) is 0 Å². The van der Waals surface area contributed by atoms with E-state index in [-0.39, 0.29) is 36.1 Å². The maximum Gasteiger partial charge on any atom is 0.328 e. The number of carbonyl (C=O) groups excluding carboxylic acids is 2. The molecule has 0 saturated carbocycles. The second-order valence-electron chi connectivity index (χ2n) is 11.5. The molecule has 0 atom stereocenters. The van der Waals surface area contributed by atoms with Crippen LogP contribution < -0.4 is 0 Å². The minimum atomic E-state index is -0.922. The highest BCUT2D eigenvalue weighted by atomic mass is 79.9. The summed E-state index contributed by atoms with van der Waals surface area (Å²) in [7, 11) is 0. The van der Waals surface area contributed by atoms with Crippen molar-refractivity contribution in [3.05, 3.63) is 162 Å². The molecule has 0 unspecified atom stereocenters. The number of allylic oxidation sites excluding steroid dienone is 1. The summed E-state index contributed by atoms with van der Waals surface area (Å²) < 4.78 is 0. The Hall–Kier alpha value is -5.46. The molecule has 0 aliphatic rings. The molecular weight excluding hydrogens is 1140 g/mol. The molecule has 4 aromatic carbocycles. The average Bonchev–Trinajstić information content (AvgIpc) is 3.48. The van der Waals surface area contributed by atoms with Crippen LogP contribution in [0.4, 0.5) is 0 Å². The summed E-state index contributed by atoms with van der Waals surface area (Å²) >= 11 is 6.72. The van der Waals surface area contributed by atoms with E-state index in [0.29, 0.717) is 12.8 Å². The Morgan fingerprint density at radius 3 is 0.887 bits per heavy atom. The molecular formula is C68H126Br2O10. The van der Waals surface area contributed by atoms with E-state index < -0.39 is 23.9 Å². The molecule has 0 aromatic heterocycles. The van der Waals surface area contributed by atoms with Gasteiger partial charge in [-0.25, -0.2) is 9.59 Å². The third-order valence-electron chi connectivity index (χ3n) is 6.33. The number of unbranched alkanes of at least 4 members (excludes halogenated alkanes) is 1. The lowest BCUT2D eigenvalue weighted by molar-refractivity contribution is -0.138. The van der Waals surface area contributed by atoms with Gasteiger partial charge in [-0.2, -0.15) is 0 Å². The number of halogens is 2. The second-order valence-corrected chi connectivity index (χ2v) is 13.1. The molecule has 0 saturated heterocycles. The first kappa shape index (κ1) is 118. The van der Waals surface area contributed by atoms with Crippen LogP contribution in [0.3, 0.4) is 0 Å². The minimum Gasteiger partial charge on any atom is -0.481 e. The molecule has 0 spiro atoms. The van der Waals surface area contributed by atoms with Gasteiger partial charge >= 0.3 is 23.9 Å². The van der Waals surface area contributed by atoms with Crippen molar-refractivity contribution in [1.82, 2.24) is 0 Å². The lowest BCUT2D eigenvalue weighted by Gasteiger charge is -1.95. The van der Waals surface area contributed by atoms with Crippen LogP contribution in [-0.4, -0.2) is 67.5 Å². The highest BCUT2D eigenvalue weighted by molar-refractivity contribution is 9.09. The van der Waals surface area contributed by atoms with Gasteiger partial charge in [-0.15, -0.1) is 0 Å². The van der Waals surface area contributed by atoms with Gasteiger partial charge in [0.2, 0.25) is 0 Å². The first-order chi connectivity index (χ1) is 36.8. The van der Waals surface area contributed by atoms with Crippen molar-refractivity contribution in [1.29, 1.82) is 0 Å². The standard InChI is InChI=1S/C9H11Br.C9H10O2.C9H8O2.C7H6O.C4H9Br.C4H8O2.C4H6O2.C2H4O.8C2H6.4CH4/c10-8-4-7-9-5-2-1-3-6-9;2*10-9(11)7-6-8-4-2-1-3-5-8;8-6-7-4-2-1-3-5-7;1-2-3-4-5;2*1-2-3-4(5)6;1-2-3;8*1-2;;;;/h1-3,5-6H,4,7-8H2;1-5H,6-7H2,(H,10,11);1-7H,(H,10,11);1-6H;2-4H2,1H3;2-3H2,1H3,(H,5,6);2-3H,1H3,(H,5,6);2H,1H3;8*1-2H3;4*1H4/b;;7-6+;;;;3-2+;;;;;;;;;;;;;. The van der Waals surface area contributed by atoms with Gasteiger partial charge in [-0.3, -0.25) is 14.4 Å². The number of aldehydes is 2. The number of alkyl halides is 2. The number of aryl methyl sites for hydroxylation is 2. The summed E-state index contributed by atoms with van der Waals surface area (Å²) in [5, 5.41) is 34.7. The van der Waals surface area contributed by atoms with Gasteiger partial charge in [0, 0.05) is 41.2 Å². The summed E-state index contributed by atoms with van der Waals surface area (Å²) in [5.74, 6) is -3.27. The molecule has 4 N–H and O–H groups in total. The van der Waals surface area contributed by atoms with Crippen LogP contribution in [0.5, 0.6) is 0 Å². The average molecular weight is 1260 g/mol. The lowest BCUT2D eigenvalue weighted by Crippen LogP contribution is -1.96. The molecule has 4 rings (SSSR count). The van der Waals surface area contributed by atoms with Crippen LogP contribution in [0.1, 0.15) is 234 Å². The number of rotatable bonds is 14. The maximum absolute atomic E-state index is 10.2. The number of aliphatic carboxylic acids is 4. The monoisotopic (exact) mass is 1260 g/mol. The zero-order valence-electron chi connectivity index (χ0n) is 51.1. The SMILES string of the molecule is BrCCCc1ccccc1.C.C.C.C.C/C=C/C(=O)O.CC.CC.CC.CC.CC.CC.CC.CC.CC=O.CCCC(=O)O.CCCCBr.O=C(O)/C=C/c1ccccc1.O=C(O)CCc1ccccc1.O=Cc1ccccc1. The van der Waals surface area contributed by atoms with Gasteiger partial charge in [0.25, 0.3) is 0 Å². The van der Waals surface area contributed by atoms with Crippen molar-refractivity contribution < 1.29 is 49.2 Å². The van der Waals surface area contributed by atoms with Crippen molar-refractivity contribution in [2.24, 2.45) is 0 Å². The van der Waals surface area contributed by atoms with Crippen LogP contribution in [0.15, 0.2) is 140 Å². The largest absolute Gasteiger partial charge is 0.481 e. The predicted molar refractivity (Wildman–Crippen MR) is 369 cm³/mol.